The van der Waals surface area contributed by atoms with Crippen LogP contribution in [0.25, 0.3) is 5.69 Å². The highest BCUT2D eigenvalue weighted by Gasteiger charge is 2.25. The molecule has 0 spiro atoms. The molecule has 0 unspecified atom stereocenters. The maximum absolute atomic E-state index is 12.8. The zero-order valence-corrected chi connectivity index (χ0v) is 16.1. The van der Waals surface area contributed by atoms with E-state index in [2.05, 4.69) is 10.1 Å². The fourth-order valence-corrected chi connectivity index (χ4v) is 3.31. The Morgan fingerprint density at radius 2 is 1.34 bits per heavy atom. The second-order valence-electron chi connectivity index (χ2n) is 6.70. The van der Waals surface area contributed by atoms with Crippen molar-refractivity contribution in [1.29, 1.82) is 0 Å². The number of rotatable bonds is 4. The summed E-state index contributed by atoms with van der Waals surface area (Å²) in [5.41, 5.74) is 2.08. The number of carbonyl (C=O) groups excluding carboxylic acids is 2. The van der Waals surface area contributed by atoms with Gasteiger partial charge in [-0.15, -0.1) is 0 Å². The summed E-state index contributed by atoms with van der Waals surface area (Å²) in [6.45, 7) is 2.03. The average Bonchev–Trinajstić information content (AvgIpc) is 3.33. The SMILES string of the molecule is COc1ccc(C(=O)N2CCN(C(=O)c3ccc(-n4cncn4)cc3)CC2)cc1. The van der Waals surface area contributed by atoms with Gasteiger partial charge in [0.2, 0.25) is 0 Å². The molecule has 1 aliphatic heterocycles. The number of methoxy groups -OCH3 is 1. The van der Waals surface area contributed by atoms with E-state index in [0.29, 0.717) is 43.1 Å². The van der Waals surface area contributed by atoms with Crippen molar-refractivity contribution in [3.63, 3.8) is 0 Å². The Morgan fingerprint density at radius 3 is 1.79 bits per heavy atom. The normalized spacial score (nSPS) is 14.0. The minimum absolute atomic E-state index is 0.0306. The van der Waals surface area contributed by atoms with Gasteiger partial charge in [0, 0.05) is 37.3 Å². The lowest BCUT2D eigenvalue weighted by Gasteiger charge is -2.35. The summed E-state index contributed by atoms with van der Waals surface area (Å²) in [5.74, 6) is 0.649. The lowest BCUT2D eigenvalue weighted by molar-refractivity contribution is 0.0535. The maximum Gasteiger partial charge on any atom is 0.253 e. The summed E-state index contributed by atoms with van der Waals surface area (Å²) >= 11 is 0. The third-order valence-electron chi connectivity index (χ3n) is 4.99. The van der Waals surface area contributed by atoms with E-state index >= 15 is 0 Å². The van der Waals surface area contributed by atoms with Crippen molar-refractivity contribution in [3.05, 3.63) is 72.3 Å². The molecule has 0 atom stereocenters. The fourth-order valence-electron chi connectivity index (χ4n) is 3.31. The highest BCUT2D eigenvalue weighted by molar-refractivity contribution is 5.96. The van der Waals surface area contributed by atoms with E-state index in [1.54, 1.807) is 64.3 Å². The van der Waals surface area contributed by atoms with Crippen LogP contribution in [0.2, 0.25) is 0 Å². The molecule has 2 amide bonds. The van der Waals surface area contributed by atoms with Gasteiger partial charge in [-0.3, -0.25) is 9.59 Å². The van der Waals surface area contributed by atoms with E-state index in [9.17, 15) is 9.59 Å². The molecular formula is C21H21N5O3. The molecule has 0 N–H and O–H groups in total. The molecule has 0 bridgehead atoms. The predicted octanol–water partition coefficient (Wildman–Crippen LogP) is 1.87. The van der Waals surface area contributed by atoms with Crippen molar-refractivity contribution >= 4 is 11.8 Å². The van der Waals surface area contributed by atoms with Crippen LogP contribution in [0.1, 0.15) is 20.7 Å². The van der Waals surface area contributed by atoms with Crippen molar-refractivity contribution in [2.24, 2.45) is 0 Å². The van der Waals surface area contributed by atoms with Crippen LogP contribution in [0.4, 0.5) is 0 Å². The number of carbonyl (C=O) groups is 2. The van der Waals surface area contributed by atoms with Gasteiger partial charge in [0.05, 0.1) is 12.8 Å². The number of benzene rings is 2. The number of ether oxygens (including phenoxy) is 1. The molecule has 2 aromatic carbocycles. The number of aromatic nitrogens is 3. The Bertz CT molecular complexity index is 976. The molecular weight excluding hydrogens is 370 g/mol. The van der Waals surface area contributed by atoms with Crippen LogP contribution in [0, 0.1) is 0 Å². The second-order valence-corrected chi connectivity index (χ2v) is 6.70. The van der Waals surface area contributed by atoms with Gasteiger partial charge in [0.15, 0.2) is 0 Å². The van der Waals surface area contributed by atoms with Crippen LogP contribution >= 0.6 is 0 Å². The lowest BCUT2D eigenvalue weighted by atomic mass is 10.1. The number of amides is 2. The Morgan fingerprint density at radius 1 is 0.828 bits per heavy atom. The minimum atomic E-state index is -0.0355. The molecule has 1 aliphatic rings. The largest absolute Gasteiger partial charge is 0.497 e. The summed E-state index contributed by atoms with van der Waals surface area (Å²) in [4.78, 5) is 32.9. The van der Waals surface area contributed by atoms with E-state index in [-0.39, 0.29) is 11.8 Å². The van der Waals surface area contributed by atoms with Gasteiger partial charge < -0.3 is 14.5 Å². The molecule has 8 heteroatoms. The number of nitrogens with zero attached hydrogens (tertiary/aromatic N) is 5. The van der Waals surface area contributed by atoms with Crippen LogP contribution in [-0.2, 0) is 0 Å². The smallest absolute Gasteiger partial charge is 0.253 e. The molecule has 0 aliphatic carbocycles. The third kappa shape index (κ3) is 3.96. The first-order valence-electron chi connectivity index (χ1n) is 9.33. The molecule has 8 nitrogen and oxygen atoms in total. The van der Waals surface area contributed by atoms with Gasteiger partial charge in [0.1, 0.15) is 18.4 Å². The quantitative estimate of drug-likeness (QED) is 0.678. The molecule has 148 valence electrons. The first-order chi connectivity index (χ1) is 14.2. The standard InChI is InChI=1S/C21H21N5O3/c1-29-19-8-4-17(5-9-19)21(28)25-12-10-24(11-13-25)20(27)16-2-6-18(7-3-16)26-15-22-14-23-26/h2-9,14-15H,10-13H2,1H3. The van der Waals surface area contributed by atoms with Gasteiger partial charge in [0.25, 0.3) is 11.8 Å². The Balaban J connectivity index is 1.36. The predicted molar refractivity (Wildman–Crippen MR) is 106 cm³/mol. The van der Waals surface area contributed by atoms with E-state index in [1.807, 2.05) is 12.1 Å². The van der Waals surface area contributed by atoms with Gasteiger partial charge >= 0.3 is 0 Å². The number of piperazine rings is 1. The Labute approximate surface area is 168 Å². The topological polar surface area (TPSA) is 80.6 Å². The first kappa shape index (κ1) is 18.7. The van der Waals surface area contributed by atoms with E-state index < -0.39 is 0 Å². The maximum atomic E-state index is 12.8. The van der Waals surface area contributed by atoms with Crippen molar-refractivity contribution < 1.29 is 14.3 Å². The minimum Gasteiger partial charge on any atom is -0.497 e. The van der Waals surface area contributed by atoms with E-state index in [0.717, 1.165) is 5.69 Å². The highest BCUT2D eigenvalue weighted by atomic mass is 16.5. The second kappa shape index (κ2) is 8.14. The third-order valence-corrected chi connectivity index (χ3v) is 4.99. The summed E-state index contributed by atoms with van der Waals surface area (Å²) in [6.07, 6.45) is 3.07. The monoisotopic (exact) mass is 391 g/mol. The van der Waals surface area contributed by atoms with E-state index in [4.69, 9.17) is 4.74 Å². The van der Waals surface area contributed by atoms with Crippen molar-refractivity contribution in [1.82, 2.24) is 24.6 Å². The summed E-state index contributed by atoms with van der Waals surface area (Å²) in [5, 5.41) is 4.08. The molecule has 1 saturated heterocycles. The van der Waals surface area contributed by atoms with Crippen LogP contribution in [-0.4, -0.2) is 69.7 Å². The molecule has 0 saturated carbocycles. The number of hydrogen-bond donors (Lipinski definition) is 0. The average molecular weight is 391 g/mol. The summed E-state index contributed by atoms with van der Waals surface area (Å²) in [7, 11) is 1.59. The van der Waals surface area contributed by atoms with Gasteiger partial charge in [-0.2, -0.15) is 5.10 Å². The fraction of sp³-hybridized carbons (Fsp3) is 0.238. The van der Waals surface area contributed by atoms with Crippen LogP contribution < -0.4 is 4.74 Å². The molecule has 1 fully saturated rings. The zero-order chi connectivity index (χ0) is 20.2. The van der Waals surface area contributed by atoms with Crippen molar-refractivity contribution in [2.45, 2.75) is 0 Å². The summed E-state index contributed by atoms with van der Waals surface area (Å²) in [6, 6.07) is 14.3. The van der Waals surface area contributed by atoms with Gasteiger partial charge in [-0.1, -0.05) is 0 Å². The van der Waals surface area contributed by atoms with Crippen molar-refractivity contribution in [2.75, 3.05) is 33.3 Å². The van der Waals surface area contributed by atoms with E-state index in [1.165, 1.54) is 6.33 Å². The van der Waals surface area contributed by atoms with Crippen LogP contribution in [0.3, 0.4) is 0 Å². The summed E-state index contributed by atoms with van der Waals surface area (Å²) < 4.78 is 6.76. The lowest BCUT2D eigenvalue weighted by Crippen LogP contribution is -2.50. The molecule has 3 aromatic rings. The molecule has 4 rings (SSSR count). The zero-order valence-electron chi connectivity index (χ0n) is 16.1. The Hall–Kier alpha value is -3.68. The Kier molecular flexibility index (Phi) is 5.24. The van der Waals surface area contributed by atoms with Gasteiger partial charge in [-0.05, 0) is 48.5 Å². The number of hydrogen-bond acceptors (Lipinski definition) is 5. The molecule has 1 aromatic heterocycles. The van der Waals surface area contributed by atoms with Crippen LogP contribution in [0.15, 0.2) is 61.2 Å². The van der Waals surface area contributed by atoms with Crippen LogP contribution in [0.5, 0.6) is 5.75 Å². The van der Waals surface area contributed by atoms with Gasteiger partial charge in [-0.25, -0.2) is 9.67 Å². The van der Waals surface area contributed by atoms with Crippen molar-refractivity contribution in [3.8, 4) is 11.4 Å². The first-order valence-corrected chi connectivity index (χ1v) is 9.33. The molecule has 29 heavy (non-hydrogen) atoms. The highest BCUT2D eigenvalue weighted by Crippen LogP contribution is 2.16. The molecule has 0 radical (unpaired) electrons. The molecule has 2 heterocycles.